The van der Waals surface area contributed by atoms with Crippen molar-refractivity contribution in [3.8, 4) is 0 Å². The molecule has 0 heterocycles. The molecule has 5 heteroatoms. The van der Waals surface area contributed by atoms with Gasteiger partial charge >= 0.3 is 0 Å². The third-order valence-corrected chi connectivity index (χ3v) is 4.12. The number of hydrogen-bond acceptors (Lipinski definition) is 2. The lowest BCUT2D eigenvalue weighted by Gasteiger charge is -2.17. The molecule has 2 aromatic rings. The number of nitrogens with zero attached hydrogens (tertiary/aromatic N) is 1. The molecule has 0 atom stereocenters. The number of carbonyl (C=O) groups is 1. The van der Waals surface area contributed by atoms with E-state index in [9.17, 15) is 9.18 Å². The highest BCUT2D eigenvalue weighted by molar-refractivity contribution is 9.10. The summed E-state index contributed by atoms with van der Waals surface area (Å²) in [7, 11) is 1.97. The fraction of sp³-hybridized carbons (Fsp3) is 0.278. The predicted octanol–water partition coefficient (Wildman–Crippen LogP) is 4.36. The Morgan fingerprint density at radius 3 is 2.70 bits per heavy atom. The second-order valence-corrected chi connectivity index (χ2v) is 6.50. The molecule has 0 spiro atoms. The Hall–Kier alpha value is -1.72. The Kier molecular flexibility index (Phi) is 6.30. The average Bonchev–Trinajstić information content (AvgIpc) is 2.50. The van der Waals surface area contributed by atoms with Gasteiger partial charge in [-0.15, -0.1) is 0 Å². The van der Waals surface area contributed by atoms with Gasteiger partial charge in [0.2, 0.25) is 5.91 Å². The van der Waals surface area contributed by atoms with Crippen LogP contribution in [0.1, 0.15) is 17.5 Å². The monoisotopic (exact) mass is 378 g/mol. The number of aryl methyl sites for hydroxylation is 1. The number of amides is 1. The number of halogens is 2. The van der Waals surface area contributed by atoms with E-state index < -0.39 is 5.82 Å². The molecule has 122 valence electrons. The summed E-state index contributed by atoms with van der Waals surface area (Å²) in [4.78, 5) is 14.0. The number of hydrogen-bond donors (Lipinski definition) is 1. The Morgan fingerprint density at radius 2 is 2.00 bits per heavy atom. The van der Waals surface area contributed by atoms with Crippen LogP contribution in [0.3, 0.4) is 0 Å². The highest BCUT2D eigenvalue weighted by Gasteiger charge is 2.09. The molecular weight excluding hydrogens is 359 g/mol. The molecule has 3 nitrogen and oxygen atoms in total. The first kappa shape index (κ1) is 17.6. The highest BCUT2D eigenvalue weighted by Crippen LogP contribution is 2.19. The zero-order valence-electron chi connectivity index (χ0n) is 13.3. The average molecular weight is 379 g/mol. The quantitative estimate of drug-likeness (QED) is 0.809. The van der Waals surface area contributed by atoms with Crippen LogP contribution < -0.4 is 5.32 Å². The predicted molar refractivity (Wildman–Crippen MR) is 94.9 cm³/mol. The summed E-state index contributed by atoms with van der Waals surface area (Å²) >= 11 is 3.19. The van der Waals surface area contributed by atoms with Crippen LogP contribution in [0.5, 0.6) is 0 Å². The fourth-order valence-electron chi connectivity index (χ4n) is 2.25. The first-order valence-electron chi connectivity index (χ1n) is 7.43. The minimum atomic E-state index is -0.444. The first-order valence-corrected chi connectivity index (χ1v) is 8.23. The summed E-state index contributed by atoms with van der Waals surface area (Å²) in [6, 6.07) is 12.8. The molecule has 0 aromatic heterocycles. The maximum atomic E-state index is 13.7. The van der Waals surface area contributed by atoms with Gasteiger partial charge in [-0.3, -0.25) is 4.79 Å². The number of anilines is 1. The van der Waals surface area contributed by atoms with Crippen molar-refractivity contribution < 1.29 is 9.18 Å². The van der Waals surface area contributed by atoms with Crippen LogP contribution in [0.15, 0.2) is 46.9 Å². The molecule has 0 saturated carbocycles. The molecule has 1 N–H and O–H groups in total. The standard InChI is InChI=1S/C18H20BrFN2O/c1-13-5-3-4-6-14(13)12-22(2)10-9-18(23)21-17-8-7-15(19)11-16(17)20/h3-8,11H,9-10,12H2,1-2H3,(H,21,23). The maximum Gasteiger partial charge on any atom is 0.225 e. The van der Waals surface area contributed by atoms with Gasteiger partial charge in [-0.2, -0.15) is 0 Å². The SMILES string of the molecule is Cc1ccccc1CN(C)CCC(=O)Nc1ccc(Br)cc1F. The maximum absolute atomic E-state index is 13.7. The largest absolute Gasteiger partial charge is 0.324 e. The second kappa shape index (κ2) is 8.22. The molecule has 0 fully saturated rings. The summed E-state index contributed by atoms with van der Waals surface area (Å²) in [6.07, 6.45) is 0.317. The Labute approximate surface area is 144 Å². The zero-order valence-corrected chi connectivity index (χ0v) is 14.9. The van der Waals surface area contributed by atoms with Gasteiger partial charge in [0.1, 0.15) is 5.82 Å². The topological polar surface area (TPSA) is 32.3 Å². The number of rotatable bonds is 6. The lowest BCUT2D eigenvalue weighted by atomic mass is 10.1. The zero-order chi connectivity index (χ0) is 16.8. The molecule has 0 radical (unpaired) electrons. The Bertz CT molecular complexity index is 690. The van der Waals surface area contributed by atoms with Crippen molar-refractivity contribution in [1.29, 1.82) is 0 Å². The van der Waals surface area contributed by atoms with E-state index in [1.165, 1.54) is 17.2 Å². The van der Waals surface area contributed by atoms with Crippen molar-refractivity contribution in [2.75, 3.05) is 18.9 Å². The minimum absolute atomic E-state index is 0.192. The van der Waals surface area contributed by atoms with Crippen LogP contribution in [-0.4, -0.2) is 24.4 Å². The van der Waals surface area contributed by atoms with E-state index >= 15 is 0 Å². The van der Waals surface area contributed by atoms with Crippen LogP contribution in [0.4, 0.5) is 10.1 Å². The van der Waals surface area contributed by atoms with Gasteiger partial charge in [0.25, 0.3) is 0 Å². The van der Waals surface area contributed by atoms with Crippen molar-refractivity contribution in [2.24, 2.45) is 0 Å². The third kappa shape index (κ3) is 5.44. The Morgan fingerprint density at radius 1 is 1.26 bits per heavy atom. The van der Waals surface area contributed by atoms with Gasteiger partial charge in [0.15, 0.2) is 0 Å². The number of nitrogens with one attached hydrogen (secondary N) is 1. The van der Waals surface area contributed by atoms with E-state index in [-0.39, 0.29) is 11.6 Å². The first-order chi connectivity index (χ1) is 11.0. The highest BCUT2D eigenvalue weighted by atomic mass is 79.9. The van der Waals surface area contributed by atoms with Crippen LogP contribution >= 0.6 is 15.9 Å². The third-order valence-electron chi connectivity index (χ3n) is 3.63. The van der Waals surface area contributed by atoms with E-state index in [0.29, 0.717) is 17.4 Å². The van der Waals surface area contributed by atoms with Gasteiger partial charge in [-0.05, 0) is 43.3 Å². The van der Waals surface area contributed by atoms with Crippen LogP contribution in [0.2, 0.25) is 0 Å². The van der Waals surface area contributed by atoms with Gasteiger partial charge in [-0.25, -0.2) is 4.39 Å². The van der Waals surface area contributed by atoms with Gasteiger partial charge < -0.3 is 10.2 Å². The second-order valence-electron chi connectivity index (χ2n) is 5.59. The lowest BCUT2D eigenvalue weighted by molar-refractivity contribution is -0.116. The van der Waals surface area contributed by atoms with E-state index in [4.69, 9.17) is 0 Å². The number of benzene rings is 2. The molecule has 1 amide bonds. The number of carbonyl (C=O) groups excluding carboxylic acids is 1. The minimum Gasteiger partial charge on any atom is -0.324 e. The summed E-state index contributed by atoms with van der Waals surface area (Å²) < 4.78 is 14.3. The molecular formula is C18H20BrFN2O. The molecule has 2 rings (SSSR count). The molecule has 0 bridgehead atoms. The van der Waals surface area contributed by atoms with Crippen LogP contribution in [0.25, 0.3) is 0 Å². The molecule has 23 heavy (non-hydrogen) atoms. The van der Waals surface area contributed by atoms with Crippen molar-refractivity contribution in [1.82, 2.24) is 4.90 Å². The van der Waals surface area contributed by atoms with Gasteiger partial charge in [0.05, 0.1) is 5.69 Å². The molecule has 2 aromatic carbocycles. The van der Waals surface area contributed by atoms with Crippen LogP contribution in [0, 0.1) is 12.7 Å². The van der Waals surface area contributed by atoms with Crippen molar-refractivity contribution in [3.63, 3.8) is 0 Å². The molecule has 0 aliphatic carbocycles. The van der Waals surface area contributed by atoms with Crippen LogP contribution in [-0.2, 0) is 11.3 Å². The molecule has 0 aliphatic heterocycles. The van der Waals surface area contributed by atoms with Crippen molar-refractivity contribution >= 4 is 27.5 Å². The fourth-order valence-corrected chi connectivity index (χ4v) is 2.59. The summed E-state index contributed by atoms with van der Waals surface area (Å²) in [5.74, 6) is -0.635. The van der Waals surface area contributed by atoms with Gasteiger partial charge in [-0.1, -0.05) is 40.2 Å². The van der Waals surface area contributed by atoms with Crippen molar-refractivity contribution in [3.05, 3.63) is 63.9 Å². The van der Waals surface area contributed by atoms with Crippen molar-refractivity contribution in [2.45, 2.75) is 19.9 Å². The summed E-state index contributed by atoms with van der Waals surface area (Å²) in [5, 5.41) is 2.61. The lowest BCUT2D eigenvalue weighted by Crippen LogP contribution is -2.24. The van der Waals surface area contributed by atoms with E-state index in [0.717, 1.165) is 6.54 Å². The normalized spacial score (nSPS) is 10.8. The van der Waals surface area contributed by atoms with E-state index in [1.807, 2.05) is 19.2 Å². The Balaban J connectivity index is 1.83. The van der Waals surface area contributed by atoms with E-state index in [2.05, 4.69) is 45.2 Å². The molecule has 0 unspecified atom stereocenters. The summed E-state index contributed by atoms with van der Waals surface area (Å²) in [6.45, 7) is 3.47. The smallest absolute Gasteiger partial charge is 0.225 e. The van der Waals surface area contributed by atoms with E-state index in [1.54, 1.807) is 12.1 Å². The molecule has 0 saturated heterocycles. The van der Waals surface area contributed by atoms with Gasteiger partial charge in [0, 0.05) is 24.0 Å². The molecule has 0 aliphatic rings. The summed E-state index contributed by atoms with van der Waals surface area (Å²) in [5.41, 5.74) is 2.69.